The van der Waals surface area contributed by atoms with E-state index < -0.39 is 5.60 Å². The first-order valence-electron chi connectivity index (χ1n) is 8.16. The predicted molar refractivity (Wildman–Crippen MR) is 104 cm³/mol. The van der Waals surface area contributed by atoms with Crippen molar-refractivity contribution in [1.29, 1.82) is 0 Å². The second-order valence-corrected chi connectivity index (χ2v) is 6.82. The van der Waals surface area contributed by atoms with Gasteiger partial charge in [0.2, 0.25) is 0 Å². The van der Waals surface area contributed by atoms with Crippen LogP contribution in [0.4, 0.5) is 22.7 Å². The van der Waals surface area contributed by atoms with Crippen LogP contribution in [0.2, 0.25) is 0 Å². The van der Waals surface area contributed by atoms with Crippen LogP contribution in [0.25, 0.3) is 0 Å². The van der Waals surface area contributed by atoms with Crippen molar-refractivity contribution in [2.24, 2.45) is 0 Å². The zero-order chi connectivity index (χ0) is 19.3. The minimum Gasteiger partial charge on any atom is -0.459 e. The third kappa shape index (κ3) is 5.70. The number of esters is 1. The Labute approximate surface area is 152 Å². The van der Waals surface area contributed by atoms with Gasteiger partial charge < -0.3 is 26.8 Å². The summed E-state index contributed by atoms with van der Waals surface area (Å²) in [5, 5.41) is 5.68. The standard InChI is InChI=1S/C19H24N4O3/c1-19(2,3)26-17(24)11-22-14-7-4-12(5-8-14)18(25)23-16-10-13(20)6-9-15(16)21/h4-10,22H,11,20-21H2,1-3H3,(H,23,25). The van der Waals surface area contributed by atoms with Gasteiger partial charge in [0.05, 0.1) is 11.4 Å². The topological polar surface area (TPSA) is 119 Å². The fourth-order valence-corrected chi connectivity index (χ4v) is 2.17. The highest BCUT2D eigenvalue weighted by Crippen LogP contribution is 2.22. The van der Waals surface area contributed by atoms with Gasteiger partial charge in [-0.3, -0.25) is 9.59 Å². The van der Waals surface area contributed by atoms with E-state index in [4.69, 9.17) is 16.2 Å². The molecule has 0 saturated carbocycles. The van der Waals surface area contributed by atoms with Gasteiger partial charge in [-0.1, -0.05) is 0 Å². The molecule has 0 radical (unpaired) electrons. The molecule has 7 heteroatoms. The molecule has 0 fully saturated rings. The van der Waals surface area contributed by atoms with Crippen LogP contribution in [-0.2, 0) is 9.53 Å². The largest absolute Gasteiger partial charge is 0.459 e. The van der Waals surface area contributed by atoms with E-state index in [1.165, 1.54) is 0 Å². The van der Waals surface area contributed by atoms with Crippen LogP contribution in [0.5, 0.6) is 0 Å². The minimum atomic E-state index is -0.524. The van der Waals surface area contributed by atoms with Gasteiger partial charge >= 0.3 is 5.97 Å². The molecule has 26 heavy (non-hydrogen) atoms. The van der Waals surface area contributed by atoms with Crippen molar-refractivity contribution in [3.8, 4) is 0 Å². The van der Waals surface area contributed by atoms with E-state index in [9.17, 15) is 9.59 Å². The number of rotatable bonds is 5. The Bertz CT molecular complexity index is 795. The van der Waals surface area contributed by atoms with E-state index in [2.05, 4.69) is 10.6 Å². The summed E-state index contributed by atoms with van der Waals surface area (Å²) in [5.74, 6) is -0.655. The lowest BCUT2D eigenvalue weighted by atomic mass is 10.1. The van der Waals surface area contributed by atoms with Gasteiger partial charge in [-0.25, -0.2) is 0 Å². The molecule has 0 heterocycles. The highest BCUT2D eigenvalue weighted by Gasteiger charge is 2.16. The Balaban J connectivity index is 1.95. The van der Waals surface area contributed by atoms with E-state index in [1.807, 2.05) is 20.8 Å². The molecule has 2 aromatic carbocycles. The maximum Gasteiger partial charge on any atom is 0.325 e. The molecule has 0 aliphatic heterocycles. The SMILES string of the molecule is CC(C)(C)OC(=O)CNc1ccc(C(=O)Nc2cc(N)ccc2N)cc1. The Morgan fingerprint density at radius 1 is 1.04 bits per heavy atom. The second kappa shape index (κ2) is 7.77. The van der Waals surface area contributed by atoms with E-state index in [0.717, 1.165) is 0 Å². The highest BCUT2D eigenvalue weighted by molar-refractivity contribution is 6.06. The number of nitrogens with two attached hydrogens (primary N) is 2. The number of carbonyl (C=O) groups is 2. The van der Waals surface area contributed by atoms with Crippen molar-refractivity contribution in [2.45, 2.75) is 26.4 Å². The molecule has 0 unspecified atom stereocenters. The van der Waals surface area contributed by atoms with Crippen LogP contribution in [0.3, 0.4) is 0 Å². The predicted octanol–water partition coefficient (Wildman–Crippen LogP) is 2.86. The first kappa shape index (κ1) is 19.1. The normalized spacial score (nSPS) is 10.9. The summed E-state index contributed by atoms with van der Waals surface area (Å²) in [6.45, 7) is 5.48. The van der Waals surface area contributed by atoms with Gasteiger partial charge in [0.1, 0.15) is 12.1 Å². The molecule has 0 aliphatic rings. The molecule has 0 spiro atoms. The number of amides is 1. The number of ether oxygens (including phenoxy) is 1. The van der Waals surface area contributed by atoms with Crippen molar-refractivity contribution in [3.05, 3.63) is 48.0 Å². The summed E-state index contributed by atoms with van der Waals surface area (Å²) in [7, 11) is 0. The van der Waals surface area contributed by atoms with Gasteiger partial charge in [0.15, 0.2) is 0 Å². The first-order chi connectivity index (χ1) is 12.1. The third-order valence-corrected chi connectivity index (χ3v) is 3.33. The maximum atomic E-state index is 12.3. The molecule has 2 aromatic rings. The number of hydrogen-bond donors (Lipinski definition) is 4. The average molecular weight is 356 g/mol. The summed E-state index contributed by atoms with van der Waals surface area (Å²) < 4.78 is 5.22. The van der Waals surface area contributed by atoms with Crippen molar-refractivity contribution >= 4 is 34.6 Å². The first-order valence-corrected chi connectivity index (χ1v) is 8.16. The monoisotopic (exact) mass is 356 g/mol. The van der Waals surface area contributed by atoms with Crippen LogP contribution < -0.4 is 22.1 Å². The van der Waals surface area contributed by atoms with Gasteiger partial charge in [-0.2, -0.15) is 0 Å². The lowest BCUT2D eigenvalue weighted by Crippen LogP contribution is -2.28. The van der Waals surface area contributed by atoms with Gasteiger partial charge in [-0.15, -0.1) is 0 Å². The lowest BCUT2D eigenvalue weighted by molar-refractivity contribution is -0.152. The lowest BCUT2D eigenvalue weighted by Gasteiger charge is -2.19. The molecule has 7 nitrogen and oxygen atoms in total. The van der Waals surface area contributed by atoms with Crippen molar-refractivity contribution < 1.29 is 14.3 Å². The van der Waals surface area contributed by atoms with E-state index >= 15 is 0 Å². The van der Waals surface area contributed by atoms with E-state index in [0.29, 0.717) is 28.3 Å². The van der Waals surface area contributed by atoms with Crippen LogP contribution in [0.15, 0.2) is 42.5 Å². The molecule has 0 bridgehead atoms. The van der Waals surface area contributed by atoms with Gasteiger partial charge in [0.25, 0.3) is 5.91 Å². The fourth-order valence-electron chi connectivity index (χ4n) is 2.17. The number of benzene rings is 2. The minimum absolute atomic E-state index is 0.0443. The number of nitrogen functional groups attached to an aromatic ring is 2. The quantitative estimate of drug-likeness (QED) is 0.483. The maximum absolute atomic E-state index is 12.3. The molecular weight excluding hydrogens is 332 g/mol. The van der Waals surface area contributed by atoms with Crippen molar-refractivity contribution in [3.63, 3.8) is 0 Å². The van der Waals surface area contributed by atoms with Crippen LogP contribution >= 0.6 is 0 Å². The molecule has 0 atom stereocenters. The van der Waals surface area contributed by atoms with E-state index in [-0.39, 0.29) is 18.4 Å². The Kier molecular flexibility index (Phi) is 5.71. The number of carbonyl (C=O) groups excluding carboxylic acids is 2. The second-order valence-electron chi connectivity index (χ2n) is 6.82. The summed E-state index contributed by atoms with van der Waals surface area (Å²) in [5.41, 5.74) is 13.6. The van der Waals surface area contributed by atoms with Crippen LogP contribution in [0.1, 0.15) is 31.1 Å². The summed E-state index contributed by atoms with van der Waals surface area (Å²) in [4.78, 5) is 24.0. The van der Waals surface area contributed by atoms with Crippen LogP contribution in [0, 0.1) is 0 Å². The smallest absolute Gasteiger partial charge is 0.325 e. The van der Waals surface area contributed by atoms with E-state index in [1.54, 1.807) is 42.5 Å². The molecular formula is C19H24N4O3. The zero-order valence-corrected chi connectivity index (χ0v) is 15.1. The fraction of sp³-hybridized carbons (Fsp3) is 0.263. The Morgan fingerprint density at radius 3 is 2.31 bits per heavy atom. The van der Waals surface area contributed by atoms with Gasteiger partial charge in [0, 0.05) is 16.9 Å². The summed E-state index contributed by atoms with van der Waals surface area (Å²) >= 11 is 0. The number of anilines is 4. The summed E-state index contributed by atoms with van der Waals surface area (Å²) in [6, 6.07) is 11.6. The van der Waals surface area contributed by atoms with Gasteiger partial charge in [-0.05, 0) is 63.2 Å². The average Bonchev–Trinajstić information content (AvgIpc) is 2.55. The molecule has 6 N–H and O–H groups in total. The number of hydrogen-bond acceptors (Lipinski definition) is 6. The summed E-state index contributed by atoms with van der Waals surface area (Å²) in [6.07, 6.45) is 0. The molecule has 2 rings (SSSR count). The Hall–Kier alpha value is -3.22. The third-order valence-electron chi connectivity index (χ3n) is 3.33. The van der Waals surface area contributed by atoms with Crippen molar-refractivity contribution in [2.75, 3.05) is 28.6 Å². The van der Waals surface area contributed by atoms with Crippen molar-refractivity contribution in [1.82, 2.24) is 0 Å². The zero-order valence-electron chi connectivity index (χ0n) is 15.1. The highest BCUT2D eigenvalue weighted by atomic mass is 16.6. The molecule has 0 aromatic heterocycles. The molecule has 0 aliphatic carbocycles. The molecule has 1 amide bonds. The van der Waals surface area contributed by atoms with Crippen LogP contribution in [-0.4, -0.2) is 24.0 Å². The molecule has 138 valence electrons. The Morgan fingerprint density at radius 2 is 1.69 bits per heavy atom. The number of nitrogens with one attached hydrogen (secondary N) is 2. The molecule has 0 saturated heterocycles.